The van der Waals surface area contributed by atoms with Gasteiger partial charge in [-0.25, -0.2) is 0 Å². The molecule has 3 rings (SSSR count). The molecule has 0 saturated carbocycles. The molecule has 0 bridgehead atoms. The number of hydrogen-bond donors (Lipinski definition) is 0. The average Bonchev–Trinajstić information content (AvgIpc) is 3.19. The average molecular weight is 311 g/mol. The minimum absolute atomic E-state index is 0.0719. The van der Waals surface area contributed by atoms with Gasteiger partial charge in [-0.3, -0.25) is 4.79 Å². The fourth-order valence-corrected chi connectivity index (χ4v) is 2.96. The molecule has 0 aliphatic rings. The summed E-state index contributed by atoms with van der Waals surface area (Å²) in [4.78, 5) is 15.6. The second kappa shape index (κ2) is 6.62. The van der Waals surface area contributed by atoms with Crippen molar-refractivity contribution in [3.05, 3.63) is 76.4 Å². The van der Waals surface area contributed by atoms with Crippen LogP contribution in [-0.2, 0) is 17.8 Å². The van der Waals surface area contributed by atoms with Crippen molar-refractivity contribution in [1.82, 2.24) is 0 Å². The van der Waals surface area contributed by atoms with E-state index in [1.807, 2.05) is 60.8 Å². The molecule has 2 heterocycles. The summed E-state index contributed by atoms with van der Waals surface area (Å²) in [6.07, 6.45) is 2.04. The Kier molecular flexibility index (Phi) is 4.39. The number of thiophene rings is 1. The first kappa shape index (κ1) is 14.6. The molecule has 0 fully saturated rings. The molecule has 0 aliphatic heterocycles. The second-order valence-electron chi connectivity index (χ2n) is 5.15. The zero-order chi connectivity index (χ0) is 15.4. The highest BCUT2D eigenvalue weighted by Crippen LogP contribution is 2.21. The number of rotatable bonds is 5. The molecular formula is C18H17NO2S. The highest BCUT2D eigenvalue weighted by Gasteiger charge is 2.18. The van der Waals surface area contributed by atoms with Gasteiger partial charge < -0.3 is 9.32 Å². The number of anilines is 1. The Balaban J connectivity index is 1.84. The zero-order valence-corrected chi connectivity index (χ0v) is 13.2. The van der Waals surface area contributed by atoms with Crippen LogP contribution >= 0.6 is 11.3 Å². The van der Waals surface area contributed by atoms with Crippen molar-refractivity contribution in [2.75, 3.05) is 4.90 Å². The highest BCUT2D eigenvalue weighted by atomic mass is 32.1. The SMILES string of the molecule is Cc1ccc(N(Cc2ccco2)C(=O)Cc2cccs2)cc1. The lowest BCUT2D eigenvalue weighted by Crippen LogP contribution is -2.31. The van der Waals surface area contributed by atoms with E-state index in [4.69, 9.17) is 4.42 Å². The molecule has 0 atom stereocenters. The Morgan fingerprint density at radius 1 is 1.14 bits per heavy atom. The standard InChI is InChI=1S/C18H17NO2S/c1-14-6-8-15(9-7-14)19(13-16-4-2-10-21-16)18(20)12-17-5-3-11-22-17/h2-11H,12-13H2,1H3. The fourth-order valence-electron chi connectivity index (χ4n) is 2.26. The van der Waals surface area contributed by atoms with Gasteiger partial charge in [0.25, 0.3) is 0 Å². The van der Waals surface area contributed by atoms with E-state index in [0.29, 0.717) is 13.0 Å². The van der Waals surface area contributed by atoms with Crippen molar-refractivity contribution >= 4 is 22.9 Å². The molecule has 4 heteroatoms. The first-order chi connectivity index (χ1) is 10.7. The third-order valence-electron chi connectivity index (χ3n) is 3.45. The number of aryl methyl sites for hydroxylation is 1. The Hall–Kier alpha value is -2.33. The van der Waals surface area contributed by atoms with E-state index in [1.54, 1.807) is 22.5 Å². The predicted molar refractivity (Wildman–Crippen MR) is 89.1 cm³/mol. The van der Waals surface area contributed by atoms with E-state index in [0.717, 1.165) is 16.3 Å². The predicted octanol–water partition coefficient (Wildman–Crippen LogP) is 4.43. The largest absolute Gasteiger partial charge is 0.467 e. The first-order valence-corrected chi connectivity index (χ1v) is 8.02. The van der Waals surface area contributed by atoms with Gasteiger partial charge >= 0.3 is 0 Å². The van der Waals surface area contributed by atoms with E-state index in [-0.39, 0.29) is 5.91 Å². The molecule has 2 aromatic heterocycles. The second-order valence-corrected chi connectivity index (χ2v) is 6.18. The Morgan fingerprint density at radius 3 is 2.59 bits per heavy atom. The monoisotopic (exact) mass is 311 g/mol. The van der Waals surface area contributed by atoms with Crippen LogP contribution in [0.15, 0.2) is 64.6 Å². The number of nitrogens with zero attached hydrogens (tertiary/aromatic N) is 1. The lowest BCUT2D eigenvalue weighted by Gasteiger charge is -2.22. The fraction of sp³-hybridized carbons (Fsp3) is 0.167. The number of furan rings is 1. The molecule has 0 N–H and O–H groups in total. The van der Waals surface area contributed by atoms with Crippen LogP contribution in [0.2, 0.25) is 0 Å². The summed E-state index contributed by atoms with van der Waals surface area (Å²) in [6.45, 7) is 2.48. The molecule has 0 saturated heterocycles. The lowest BCUT2D eigenvalue weighted by molar-refractivity contribution is -0.118. The summed E-state index contributed by atoms with van der Waals surface area (Å²) in [5, 5.41) is 1.99. The number of hydrogen-bond acceptors (Lipinski definition) is 3. The molecule has 0 radical (unpaired) electrons. The molecule has 22 heavy (non-hydrogen) atoms. The van der Waals surface area contributed by atoms with E-state index in [9.17, 15) is 4.79 Å². The Bertz CT molecular complexity index is 715. The molecule has 3 aromatic rings. The summed E-state index contributed by atoms with van der Waals surface area (Å²) in [5.41, 5.74) is 2.07. The van der Waals surface area contributed by atoms with Gasteiger partial charge in [-0.2, -0.15) is 0 Å². The number of benzene rings is 1. The summed E-state index contributed by atoms with van der Waals surface area (Å²) < 4.78 is 5.40. The molecule has 0 unspecified atom stereocenters. The summed E-state index contributed by atoms with van der Waals surface area (Å²) in [6, 6.07) is 15.7. The van der Waals surface area contributed by atoms with Gasteiger partial charge in [0, 0.05) is 10.6 Å². The van der Waals surface area contributed by atoms with Crippen LogP contribution in [0.5, 0.6) is 0 Å². The molecule has 3 nitrogen and oxygen atoms in total. The minimum atomic E-state index is 0.0719. The van der Waals surface area contributed by atoms with E-state index in [1.165, 1.54) is 5.56 Å². The molecule has 112 valence electrons. The van der Waals surface area contributed by atoms with Gasteiger partial charge in [0.05, 0.1) is 19.2 Å². The number of carbonyl (C=O) groups excluding carboxylic acids is 1. The van der Waals surface area contributed by atoms with Crippen LogP contribution in [0.25, 0.3) is 0 Å². The van der Waals surface area contributed by atoms with Crippen molar-refractivity contribution in [3.8, 4) is 0 Å². The third kappa shape index (κ3) is 3.46. The van der Waals surface area contributed by atoms with Crippen molar-refractivity contribution in [2.45, 2.75) is 19.9 Å². The topological polar surface area (TPSA) is 33.5 Å². The summed E-state index contributed by atoms with van der Waals surface area (Å²) >= 11 is 1.60. The van der Waals surface area contributed by atoms with Gasteiger partial charge in [-0.15, -0.1) is 11.3 Å². The van der Waals surface area contributed by atoms with Crippen molar-refractivity contribution in [2.24, 2.45) is 0 Å². The van der Waals surface area contributed by atoms with E-state index >= 15 is 0 Å². The van der Waals surface area contributed by atoms with Crippen LogP contribution in [-0.4, -0.2) is 5.91 Å². The van der Waals surface area contributed by atoms with Crippen molar-refractivity contribution in [3.63, 3.8) is 0 Å². The van der Waals surface area contributed by atoms with Crippen LogP contribution in [0.1, 0.15) is 16.2 Å². The zero-order valence-electron chi connectivity index (χ0n) is 12.4. The molecule has 1 aromatic carbocycles. The van der Waals surface area contributed by atoms with Gasteiger partial charge in [-0.05, 0) is 42.6 Å². The lowest BCUT2D eigenvalue weighted by atomic mass is 10.2. The van der Waals surface area contributed by atoms with Crippen LogP contribution in [0, 0.1) is 6.92 Å². The third-order valence-corrected chi connectivity index (χ3v) is 4.32. The van der Waals surface area contributed by atoms with E-state index < -0.39 is 0 Å². The van der Waals surface area contributed by atoms with Gasteiger partial charge in [0.1, 0.15) is 5.76 Å². The summed E-state index contributed by atoms with van der Waals surface area (Å²) in [7, 11) is 0. The molecule has 0 spiro atoms. The Morgan fingerprint density at radius 2 is 1.95 bits per heavy atom. The van der Waals surface area contributed by atoms with Crippen LogP contribution in [0.4, 0.5) is 5.69 Å². The first-order valence-electron chi connectivity index (χ1n) is 7.14. The molecule has 1 amide bonds. The molecular weight excluding hydrogens is 294 g/mol. The minimum Gasteiger partial charge on any atom is -0.467 e. The highest BCUT2D eigenvalue weighted by molar-refractivity contribution is 7.10. The quantitative estimate of drug-likeness (QED) is 0.698. The molecule has 0 aliphatic carbocycles. The van der Waals surface area contributed by atoms with E-state index in [2.05, 4.69) is 0 Å². The smallest absolute Gasteiger partial charge is 0.232 e. The van der Waals surface area contributed by atoms with Crippen molar-refractivity contribution in [1.29, 1.82) is 0 Å². The Labute approximate surface area is 133 Å². The maximum Gasteiger partial charge on any atom is 0.232 e. The number of carbonyl (C=O) groups is 1. The van der Waals surface area contributed by atoms with Gasteiger partial charge in [0.15, 0.2) is 0 Å². The normalized spacial score (nSPS) is 10.6. The maximum atomic E-state index is 12.7. The van der Waals surface area contributed by atoms with Crippen LogP contribution < -0.4 is 4.90 Å². The summed E-state index contributed by atoms with van der Waals surface area (Å²) in [5.74, 6) is 0.850. The van der Waals surface area contributed by atoms with Gasteiger partial charge in [0.2, 0.25) is 5.91 Å². The number of amides is 1. The maximum absolute atomic E-state index is 12.7. The van der Waals surface area contributed by atoms with Crippen LogP contribution in [0.3, 0.4) is 0 Å². The van der Waals surface area contributed by atoms with Crippen molar-refractivity contribution < 1.29 is 9.21 Å². The van der Waals surface area contributed by atoms with Gasteiger partial charge in [-0.1, -0.05) is 23.8 Å².